The van der Waals surface area contributed by atoms with Crippen LogP contribution in [-0.2, 0) is 4.74 Å². The molecule has 1 amide bonds. The van der Waals surface area contributed by atoms with Crippen LogP contribution in [0.3, 0.4) is 0 Å². The Morgan fingerprint density at radius 1 is 1.12 bits per heavy atom. The highest BCUT2D eigenvalue weighted by Crippen LogP contribution is 2.21. The quantitative estimate of drug-likeness (QED) is 0.806. The molecular weight excluding hydrogens is 307 g/mol. The maximum atomic E-state index is 12.1. The Bertz CT molecular complexity index is 549. The second-order valence-electron chi connectivity index (χ2n) is 7.22. The van der Waals surface area contributed by atoms with Crippen LogP contribution < -0.4 is 5.46 Å². The van der Waals surface area contributed by atoms with Crippen LogP contribution >= 0.6 is 0 Å². The highest BCUT2D eigenvalue weighted by atomic mass is 16.6. The highest BCUT2D eigenvalue weighted by molar-refractivity contribution is 6.58. The summed E-state index contributed by atoms with van der Waals surface area (Å²) in [7, 11) is -1.44. The third-order valence-electron chi connectivity index (χ3n) is 4.23. The Hall–Kier alpha value is -1.57. The van der Waals surface area contributed by atoms with E-state index in [0.717, 1.165) is 18.7 Å². The van der Waals surface area contributed by atoms with Gasteiger partial charge in [0, 0.05) is 32.2 Å². The van der Waals surface area contributed by atoms with E-state index in [1.54, 1.807) is 17.0 Å². The fourth-order valence-corrected chi connectivity index (χ4v) is 2.78. The van der Waals surface area contributed by atoms with Gasteiger partial charge in [0.25, 0.3) is 0 Å². The van der Waals surface area contributed by atoms with Crippen molar-refractivity contribution in [2.45, 2.75) is 39.3 Å². The standard InChI is InChI=1S/C17H27BN2O4/c1-13(14-5-7-15(8-6-14)18(22)23)19-9-11-20(12-10-19)16(21)24-17(2,3)4/h5-8,13,22-23H,9-12H2,1-4H3/t13-/m0/s1. The van der Waals surface area contributed by atoms with E-state index >= 15 is 0 Å². The summed E-state index contributed by atoms with van der Waals surface area (Å²) >= 11 is 0. The molecule has 0 saturated carbocycles. The van der Waals surface area contributed by atoms with Gasteiger partial charge in [-0.3, -0.25) is 4.90 Å². The SMILES string of the molecule is C[C@@H](c1ccc(B(O)O)cc1)N1CCN(C(=O)OC(C)(C)C)CC1. The third-order valence-corrected chi connectivity index (χ3v) is 4.23. The van der Waals surface area contributed by atoms with Gasteiger partial charge in [0.1, 0.15) is 5.60 Å². The first-order valence-corrected chi connectivity index (χ1v) is 8.35. The number of amides is 1. The van der Waals surface area contributed by atoms with E-state index < -0.39 is 12.7 Å². The molecule has 2 N–H and O–H groups in total. The van der Waals surface area contributed by atoms with Crippen LogP contribution in [-0.4, -0.2) is 64.8 Å². The van der Waals surface area contributed by atoms with Crippen molar-refractivity contribution in [2.75, 3.05) is 26.2 Å². The molecule has 1 aromatic rings. The lowest BCUT2D eigenvalue weighted by molar-refractivity contribution is 0.0110. The molecule has 1 atom stereocenters. The van der Waals surface area contributed by atoms with Gasteiger partial charge >= 0.3 is 13.2 Å². The summed E-state index contributed by atoms with van der Waals surface area (Å²) in [5.41, 5.74) is 1.13. The van der Waals surface area contributed by atoms with Gasteiger partial charge in [-0.25, -0.2) is 4.79 Å². The van der Waals surface area contributed by atoms with Gasteiger partial charge in [0.05, 0.1) is 0 Å². The van der Waals surface area contributed by atoms with Crippen molar-refractivity contribution in [2.24, 2.45) is 0 Å². The zero-order valence-electron chi connectivity index (χ0n) is 14.9. The number of carbonyl (C=O) groups is 1. The Kier molecular flexibility index (Phi) is 5.90. The number of nitrogens with zero attached hydrogens (tertiary/aromatic N) is 2. The van der Waals surface area contributed by atoms with Crippen molar-refractivity contribution in [1.82, 2.24) is 9.80 Å². The fraction of sp³-hybridized carbons (Fsp3) is 0.588. The topological polar surface area (TPSA) is 73.2 Å². The van der Waals surface area contributed by atoms with E-state index in [-0.39, 0.29) is 12.1 Å². The molecule has 6 nitrogen and oxygen atoms in total. The molecule has 1 saturated heterocycles. The molecule has 2 rings (SSSR count). The van der Waals surface area contributed by atoms with E-state index in [4.69, 9.17) is 14.8 Å². The molecule has 7 heteroatoms. The van der Waals surface area contributed by atoms with Crippen LogP contribution in [0, 0.1) is 0 Å². The van der Waals surface area contributed by atoms with Crippen molar-refractivity contribution in [3.8, 4) is 0 Å². The van der Waals surface area contributed by atoms with Gasteiger partial charge < -0.3 is 19.7 Å². The Labute approximate surface area is 144 Å². The van der Waals surface area contributed by atoms with Crippen LogP contribution in [0.2, 0.25) is 0 Å². The van der Waals surface area contributed by atoms with Crippen molar-refractivity contribution in [1.29, 1.82) is 0 Å². The lowest BCUT2D eigenvalue weighted by Crippen LogP contribution is -2.50. The summed E-state index contributed by atoms with van der Waals surface area (Å²) in [6.45, 7) is 10.6. The van der Waals surface area contributed by atoms with Gasteiger partial charge in [-0.05, 0) is 38.7 Å². The highest BCUT2D eigenvalue weighted by Gasteiger charge is 2.28. The largest absolute Gasteiger partial charge is 0.488 e. The number of piperazine rings is 1. The third kappa shape index (κ3) is 4.96. The summed E-state index contributed by atoms with van der Waals surface area (Å²) in [6.07, 6.45) is -0.254. The second kappa shape index (κ2) is 7.55. The minimum atomic E-state index is -1.44. The van der Waals surface area contributed by atoms with Crippen molar-refractivity contribution in [3.05, 3.63) is 29.8 Å². The molecule has 0 unspecified atom stereocenters. The predicted octanol–water partition coefficient (Wildman–Crippen LogP) is 0.980. The van der Waals surface area contributed by atoms with Gasteiger partial charge in [-0.15, -0.1) is 0 Å². The molecule has 0 aliphatic carbocycles. The summed E-state index contributed by atoms with van der Waals surface area (Å²) in [5, 5.41) is 18.3. The summed E-state index contributed by atoms with van der Waals surface area (Å²) in [4.78, 5) is 16.2. The molecule has 1 heterocycles. The van der Waals surface area contributed by atoms with Gasteiger partial charge in [0.15, 0.2) is 0 Å². The molecule has 1 aliphatic heterocycles. The average Bonchev–Trinajstić information content (AvgIpc) is 2.53. The minimum Gasteiger partial charge on any atom is -0.444 e. The summed E-state index contributed by atoms with van der Waals surface area (Å²) < 4.78 is 5.41. The molecule has 0 radical (unpaired) electrons. The maximum Gasteiger partial charge on any atom is 0.488 e. The number of rotatable bonds is 3. The van der Waals surface area contributed by atoms with Crippen LogP contribution in [0.25, 0.3) is 0 Å². The van der Waals surface area contributed by atoms with Crippen LogP contribution in [0.1, 0.15) is 39.3 Å². The molecule has 24 heavy (non-hydrogen) atoms. The smallest absolute Gasteiger partial charge is 0.444 e. The Balaban J connectivity index is 1.90. The monoisotopic (exact) mass is 334 g/mol. The molecule has 132 valence electrons. The van der Waals surface area contributed by atoms with E-state index in [2.05, 4.69) is 11.8 Å². The lowest BCUT2D eigenvalue weighted by atomic mass is 9.80. The van der Waals surface area contributed by atoms with Crippen LogP contribution in [0.5, 0.6) is 0 Å². The van der Waals surface area contributed by atoms with Crippen LogP contribution in [0.15, 0.2) is 24.3 Å². The van der Waals surface area contributed by atoms with Crippen molar-refractivity contribution in [3.63, 3.8) is 0 Å². The number of hydrogen-bond donors (Lipinski definition) is 2. The number of ether oxygens (including phenoxy) is 1. The minimum absolute atomic E-state index is 0.204. The zero-order chi connectivity index (χ0) is 17.9. The van der Waals surface area contributed by atoms with E-state index in [0.29, 0.717) is 18.6 Å². The zero-order valence-corrected chi connectivity index (χ0v) is 14.9. The molecule has 1 aliphatic rings. The molecule has 1 aromatic carbocycles. The number of hydrogen-bond acceptors (Lipinski definition) is 5. The fourth-order valence-electron chi connectivity index (χ4n) is 2.78. The van der Waals surface area contributed by atoms with E-state index in [1.165, 1.54) is 0 Å². The number of benzene rings is 1. The molecule has 0 spiro atoms. The Morgan fingerprint density at radius 3 is 2.12 bits per heavy atom. The van der Waals surface area contributed by atoms with Crippen LogP contribution in [0.4, 0.5) is 4.79 Å². The molecule has 0 bridgehead atoms. The van der Waals surface area contributed by atoms with Crippen molar-refractivity contribution < 1.29 is 19.6 Å². The summed E-state index contributed by atoms with van der Waals surface area (Å²) in [5.74, 6) is 0. The van der Waals surface area contributed by atoms with Gasteiger partial charge in [-0.2, -0.15) is 0 Å². The average molecular weight is 334 g/mol. The first-order valence-electron chi connectivity index (χ1n) is 8.35. The number of carbonyl (C=O) groups excluding carboxylic acids is 1. The van der Waals surface area contributed by atoms with E-state index in [1.807, 2.05) is 32.9 Å². The molecule has 1 fully saturated rings. The first-order chi connectivity index (χ1) is 11.2. The summed E-state index contributed by atoms with van der Waals surface area (Å²) in [6, 6.07) is 7.50. The lowest BCUT2D eigenvalue weighted by Gasteiger charge is -2.38. The molecular formula is C17H27BN2O4. The van der Waals surface area contributed by atoms with Gasteiger partial charge in [-0.1, -0.05) is 24.3 Å². The maximum absolute atomic E-state index is 12.1. The second-order valence-corrected chi connectivity index (χ2v) is 7.22. The van der Waals surface area contributed by atoms with Gasteiger partial charge in [0.2, 0.25) is 0 Å². The normalized spacial score (nSPS) is 17.5. The first kappa shape index (κ1) is 18.8. The predicted molar refractivity (Wildman–Crippen MR) is 94.1 cm³/mol. The molecule has 0 aromatic heterocycles. The van der Waals surface area contributed by atoms with E-state index in [9.17, 15) is 4.79 Å². The Morgan fingerprint density at radius 2 is 1.67 bits per heavy atom. The van der Waals surface area contributed by atoms with Crippen molar-refractivity contribution >= 4 is 18.7 Å².